The van der Waals surface area contributed by atoms with Crippen LogP contribution in [-0.2, 0) is 21.2 Å². The van der Waals surface area contributed by atoms with Gasteiger partial charge in [0.15, 0.2) is 9.84 Å². The first kappa shape index (κ1) is 19.8. The molecule has 146 valence electrons. The van der Waals surface area contributed by atoms with Crippen LogP contribution in [0, 0.1) is 11.3 Å². The monoisotopic (exact) mass is 399 g/mol. The van der Waals surface area contributed by atoms with Crippen LogP contribution in [0.1, 0.15) is 52.1 Å². The molecule has 1 amide bonds. The predicted octanol–water partition coefficient (Wildman–Crippen LogP) is 2.12. The van der Waals surface area contributed by atoms with Crippen molar-refractivity contribution in [2.75, 3.05) is 12.3 Å². The van der Waals surface area contributed by atoms with Gasteiger partial charge in [-0.25, -0.2) is 13.4 Å². The van der Waals surface area contributed by atoms with Crippen molar-refractivity contribution >= 4 is 27.1 Å². The predicted molar refractivity (Wildman–Crippen MR) is 104 cm³/mol. The molecule has 0 radical (unpaired) electrons. The molecule has 1 unspecified atom stereocenters. The number of hydrogen-bond donors (Lipinski definition) is 2. The van der Waals surface area contributed by atoms with Crippen molar-refractivity contribution in [3.63, 3.8) is 0 Å². The Bertz CT molecular complexity index is 732. The zero-order valence-electron chi connectivity index (χ0n) is 15.7. The molecule has 1 saturated heterocycles. The lowest BCUT2D eigenvalue weighted by molar-refractivity contribution is -0.128. The number of amides is 1. The highest BCUT2D eigenvalue weighted by Gasteiger charge is 2.56. The van der Waals surface area contributed by atoms with Crippen LogP contribution < -0.4 is 10.6 Å². The highest BCUT2D eigenvalue weighted by Crippen LogP contribution is 2.50. The SMILES string of the molecule is CC(C)(C)C(=O)NCC1CC2(C1)CC(NCc1cscn1)CCS2(=O)=O. The van der Waals surface area contributed by atoms with Crippen LogP contribution in [0.5, 0.6) is 0 Å². The van der Waals surface area contributed by atoms with E-state index >= 15 is 0 Å². The summed E-state index contributed by atoms with van der Waals surface area (Å²) in [5.41, 5.74) is 2.41. The average Bonchev–Trinajstić information content (AvgIpc) is 3.02. The molecule has 1 aliphatic heterocycles. The van der Waals surface area contributed by atoms with Gasteiger partial charge >= 0.3 is 0 Å². The Balaban J connectivity index is 1.53. The smallest absolute Gasteiger partial charge is 0.225 e. The van der Waals surface area contributed by atoms with Gasteiger partial charge in [0.25, 0.3) is 0 Å². The summed E-state index contributed by atoms with van der Waals surface area (Å²) in [6.07, 6.45) is 2.66. The third-order valence-electron chi connectivity index (χ3n) is 5.62. The molecule has 2 fully saturated rings. The molecule has 2 aliphatic rings. The zero-order valence-corrected chi connectivity index (χ0v) is 17.4. The number of thiazole rings is 1. The normalized spacial score (nSPS) is 30.7. The average molecular weight is 400 g/mol. The van der Waals surface area contributed by atoms with Crippen LogP contribution in [0.2, 0.25) is 0 Å². The van der Waals surface area contributed by atoms with Gasteiger partial charge in [0.05, 0.1) is 21.7 Å². The van der Waals surface area contributed by atoms with Gasteiger partial charge in [-0.1, -0.05) is 20.8 Å². The van der Waals surface area contributed by atoms with Gasteiger partial charge in [-0.05, 0) is 31.6 Å². The summed E-state index contributed by atoms with van der Waals surface area (Å²) < 4.78 is 24.8. The zero-order chi connectivity index (χ0) is 19.0. The first-order chi connectivity index (χ1) is 12.1. The van der Waals surface area contributed by atoms with Gasteiger partial charge in [-0.2, -0.15) is 0 Å². The first-order valence-electron chi connectivity index (χ1n) is 9.22. The third kappa shape index (κ3) is 4.12. The van der Waals surface area contributed by atoms with Crippen molar-refractivity contribution in [2.45, 2.75) is 63.8 Å². The number of aromatic nitrogens is 1. The topological polar surface area (TPSA) is 88.2 Å². The second kappa shape index (κ2) is 7.20. The van der Waals surface area contributed by atoms with E-state index in [0.717, 1.165) is 5.69 Å². The van der Waals surface area contributed by atoms with Crippen LogP contribution in [0.15, 0.2) is 10.9 Å². The molecule has 1 aromatic rings. The van der Waals surface area contributed by atoms with E-state index < -0.39 is 20.0 Å². The molecule has 1 spiro atoms. The summed E-state index contributed by atoms with van der Waals surface area (Å²) in [6.45, 7) is 6.91. The number of hydrogen-bond acceptors (Lipinski definition) is 6. The van der Waals surface area contributed by atoms with Gasteiger partial charge in [-0.3, -0.25) is 4.79 Å². The van der Waals surface area contributed by atoms with Crippen LogP contribution in [0.3, 0.4) is 0 Å². The van der Waals surface area contributed by atoms with Crippen molar-refractivity contribution in [1.29, 1.82) is 0 Å². The second-order valence-corrected chi connectivity index (χ2v) is 12.0. The molecule has 1 aromatic heterocycles. The van der Waals surface area contributed by atoms with Gasteiger partial charge in [0, 0.05) is 29.9 Å². The molecule has 2 heterocycles. The molecule has 6 nitrogen and oxygen atoms in total. The maximum Gasteiger partial charge on any atom is 0.225 e. The van der Waals surface area contributed by atoms with E-state index in [1.165, 1.54) is 0 Å². The van der Waals surface area contributed by atoms with Crippen molar-refractivity contribution in [2.24, 2.45) is 11.3 Å². The van der Waals surface area contributed by atoms with Crippen LogP contribution in [0.4, 0.5) is 0 Å². The summed E-state index contributed by atoms with van der Waals surface area (Å²) in [5.74, 6) is 0.532. The molecule has 1 atom stereocenters. The standard InChI is InChI=1S/C18H29N3O3S2/c1-17(2,3)16(22)20-9-13-6-18(7-13)8-14(4-5-26(18,23)24)19-10-15-11-25-12-21-15/h11-14,19H,4-10H2,1-3H3,(H,20,22). The fourth-order valence-corrected chi connectivity index (χ4v) is 7.02. The molecule has 2 N–H and O–H groups in total. The van der Waals surface area contributed by atoms with Crippen LogP contribution in [0.25, 0.3) is 0 Å². The van der Waals surface area contributed by atoms with E-state index in [9.17, 15) is 13.2 Å². The molecule has 8 heteroatoms. The Hall–Kier alpha value is -0.990. The van der Waals surface area contributed by atoms with Crippen molar-refractivity contribution in [3.05, 3.63) is 16.6 Å². The van der Waals surface area contributed by atoms with Crippen LogP contribution in [-0.4, -0.2) is 42.4 Å². The minimum Gasteiger partial charge on any atom is -0.355 e. The fraction of sp³-hybridized carbons (Fsp3) is 0.778. The molecule has 1 aliphatic carbocycles. The molecule has 3 rings (SSSR count). The van der Waals surface area contributed by atoms with E-state index in [1.54, 1.807) is 11.3 Å². The molecule has 1 saturated carbocycles. The number of rotatable bonds is 5. The summed E-state index contributed by atoms with van der Waals surface area (Å²) in [7, 11) is -3.06. The Morgan fingerprint density at radius 2 is 2.08 bits per heavy atom. The van der Waals surface area contributed by atoms with Crippen molar-refractivity contribution < 1.29 is 13.2 Å². The minimum atomic E-state index is -3.06. The lowest BCUT2D eigenvalue weighted by Crippen LogP contribution is -2.59. The van der Waals surface area contributed by atoms with Gasteiger partial charge in [0.2, 0.25) is 5.91 Å². The Morgan fingerprint density at radius 1 is 1.35 bits per heavy atom. The number of carbonyl (C=O) groups excluding carboxylic acids is 1. The van der Waals surface area contributed by atoms with E-state index in [0.29, 0.717) is 38.8 Å². The molecular weight excluding hydrogens is 370 g/mol. The Labute approximate surface area is 160 Å². The molecule has 0 bridgehead atoms. The summed E-state index contributed by atoms with van der Waals surface area (Å²) >= 11 is 1.57. The van der Waals surface area contributed by atoms with E-state index in [2.05, 4.69) is 15.6 Å². The number of carbonyl (C=O) groups is 1. The molecule has 26 heavy (non-hydrogen) atoms. The lowest BCUT2D eigenvalue weighted by Gasteiger charge is -2.51. The lowest BCUT2D eigenvalue weighted by atomic mass is 9.70. The number of sulfone groups is 1. The van der Waals surface area contributed by atoms with Crippen molar-refractivity contribution in [1.82, 2.24) is 15.6 Å². The minimum absolute atomic E-state index is 0.0211. The molecular formula is C18H29N3O3S2. The number of nitrogens with one attached hydrogen (secondary N) is 2. The summed E-state index contributed by atoms with van der Waals surface area (Å²) in [4.78, 5) is 16.3. The summed E-state index contributed by atoms with van der Waals surface area (Å²) in [6, 6.07) is 0.213. The maximum atomic E-state index is 12.7. The highest BCUT2D eigenvalue weighted by atomic mass is 32.2. The Morgan fingerprint density at radius 3 is 2.69 bits per heavy atom. The summed E-state index contributed by atoms with van der Waals surface area (Å²) in [5, 5.41) is 8.47. The number of nitrogens with zero attached hydrogens (tertiary/aromatic N) is 1. The fourth-order valence-electron chi connectivity index (χ4n) is 4.00. The van der Waals surface area contributed by atoms with E-state index in [4.69, 9.17) is 0 Å². The van der Waals surface area contributed by atoms with Gasteiger partial charge in [0.1, 0.15) is 0 Å². The quantitative estimate of drug-likeness (QED) is 0.792. The first-order valence-corrected chi connectivity index (χ1v) is 11.8. The third-order valence-corrected chi connectivity index (χ3v) is 8.85. The van der Waals surface area contributed by atoms with Crippen molar-refractivity contribution in [3.8, 4) is 0 Å². The largest absolute Gasteiger partial charge is 0.355 e. The molecule has 0 aromatic carbocycles. The van der Waals surface area contributed by atoms with Gasteiger partial charge in [-0.15, -0.1) is 11.3 Å². The highest BCUT2D eigenvalue weighted by molar-refractivity contribution is 7.92. The Kier molecular flexibility index (Phi) is 5.48. The maximum absolute atomic E-state index is 12.7. The van der Waals surface area contributed by atoms with E-state index in [-0.39, 0.29) is 23.6 Å². The van der Waals surface area contributed by atoms with E-state index in [1.807, 2.05) is 31.7 Å². The van der Waals surface area contributed by atoms with Gasteiger partial charge < -0.3 is 10.6 Å². The van der Waals surface area contributed by atoms with Crippen LogP contribution >= 0.6 is 11.3 Å². The second-order valence-electron chi connectivity index (χ2n) is 8.79.